The first-order chi connectivity index (χ1) is 12.5. The van der Waals surface area contributed by atoms with Crippen LogP contribution in [0.1, 0.15) is 18.4 Å². The van der Waals surface area contributed by atoms with Crippen LogP contribution in [0.3, 0.4) is 0 Å². The van der Waals surface area contributed by atoms with E-state index in [2.05, 4.69) is 10.4 Å². The normalized spacial score (nSPS) is 17.2. The first kappa shape index (κ1) is 18.5. The molecule has 140 valence electrons. The SMILES string of the molecule is Cn1nc(NC(O)N2CCC(OCc3cccc(F)c3)CC2)ccc1=O. The molecular weight excluding hydrogens is 339 g/mol. The van der Waals surface area contributed by atoms with Crippen LogP contribution < -0.4 is 10.9 Å². The number of aliphatic hydroxyl groups excluding tert-OH is 1. The largest absolute Gasteiger partial charge is 0.373 e. The Hall–Kier alpha value is -2.29. The van der Waals surface area contributed by atoms with E-state index in [1.807, 2.05) is 11.0 Å². The molecule has 1 unspecified atom stereocenters. The number of anilines is 1. The van der Waals surface area contributed by atoms with E-state index in [-0.39, 0.29) is 17.5 Å². The molecule has 7 nitrogen and oxygen atoms in total. The fourth-order valence-electron chi connectivity index (χ4n) is 2.93. The lowest BCUT2D eigenvalue weighted by molar-refractivity contribution is -0.0459. The van der Waals surface area contributed by atoms with Gasteiger partial charge < -0.3 is 15.2 Å². The molecule has 0 bridgehead atoms. The van der Waals surface area contributed by atoms with Gasteiger partial charge in [0.25, 0.3) is 5.56 Å². The maximum absolute atomic E-state index is 13.2. The molecule has 0 aliphatic carbocycles. The molecule has 0 saturated carbocycles. The molecule has 1 aliphatic rings. The topological polar surface area (TPSA) is 79.6 Å². The molecule has 2 heterocycles. The van der Waals surface area contributed by atoms with Gasteiger partial charge in [-0.2, -0.15) is 5.10 Å². The molecule has 1 aliphatic heterocycles. The predicted octanol–water partition coefficient (Wildman–Crippen LogP) is 1.29. The molecule has 0 radical (unpaired) electrons. The predicted molar refractivity (Wildman–Crippen MR) is 94.9 cm³/mol. The first-order valence-corrected chi connectivity index (χ1v) is 8.60. The summed E-state index contributed by atoms with van der Waals surface area (Å²) in [4.78, 5) is 13.2. The molecule has 2 aromatic rings. The molecule has 1 atom stereocenters. The second-order valence-electron chi connectivity index (χ2n) is 6.37. The van der Waals surface area contributed by atoms with E-state index in [1.165, 1.54) is 22.9 Å². The highest BCUT2D eigenvalue weighted by atomic mass is 19.1. The van der Waals surface area contributed by atoms with Gasteiger partial charge in [0, 0.05) is 26.2 Å². The van der Waals surface area contributed by atoms with E-state index < -0.39 is 6.35 Å². The van der Waals surface area contributed by atoms with Crippen molar-refractivity contribution < 1.29 is 14.2 Å². The van der Waals surface area contributed by atoms with Gasteiger partial charge in [-0.3, -0.25) is 9.69 Å². The Bertz CT molecular complexity index is 790. The number of aryl methyl sites for hydroxylation is 1. The lowest BCUT2D eigenvalue weighted by Crippen LogP contribution is -2.47. The van der Waals surface area contributed by atoms with Crippen molar-refractivity contribution in [3.8, 4) is 0 Å². The van der Waals surface area contributed by atoms with Crippen molar-refractivity contribution in [3.63, 3.8) is 0 Å². The Morgan fingerprint density at radius 1 is 1.35 bits per heavy atom. The molecule has 1 aromatic carbocycles. The quantitative estimate of drug-likeness (QED) is 0.754. The summed E-state index contributed by atoms with van der Waals surface area (Å²) in [5.41, 5.74) is 0.608. The Morgan fingerprint density at radius 2 is 2.12 bits per heavy atom. The summed E-state index contributed by atoms with van der Waals surface area (Å²) >= 11 is 0. The average molecular weight is 362 g/mol. The van der Waals surface area contributed by atoms with E-state index in [0.29, 0.717) is 25.5 Å². The van der Waals surface area contributed by atoms with E-state index in [9.17, 15) is 14.3 Å². The lowest BCUT2D eigenvalue weighted by atomic mass is 10.1. The summed E-state index contributed by atoms with van der Waals surface area (Å²) in [5, 5.41) is 17.2. The number of piperidine rings is 1. The number of ether oxygens (including phenoxy) is 1. The van der Waals surface area contributed by atoms with Crippen LogP contribution >= 0.6 is 0 Å². The number of aromatic nitrogens is 2. The fraction of sp³-hybridized carbons (Fsp3) is 0.444. The van der Waals surface area contributed by atoms with Gasteiger partial charge in [-0.1, -0.05) is 12.1 Å². The minimum absolute atomic E-state index is 0.0809. The zero-order chi connectivity index (χ0) is 18.5. The number of hydrogen-bond donors (Lipinski definition) is 2. The van der Waals surface area contributed by atoms with Crippen molar-refractivity contribution in [3.05, 3.63) is 58.1 Å². The van der Waals surface area contributed by atoms with E-state index in [1.54, 1.807) is 19.2 Å². The van der Waals surface area contributed by atoms with Crippen molar-refractivity contribution in [1.29, 1.82) is 0 Å². The molecule has 0 amide bonds. The number of hydrogen-bond acceptors (Lipinski definition) is 6. The van der Waals surface area contributed by atoms with E-state index in [4.69, 9.17) is 4.74 Å². The van der Waals surface area contributed by atoms with Crippen molar-refractivity contribution in [2.24, 2.45) is 7.05 Å². The maximum atomic E-state index is 13.2. The molecule has 26 heavy (non-hydrogen) atoms. The first-order valence-electron chi connectivity index (χ1n) is 8.60. The molecule has 0 spiro atoms. The highest BCUT2D eigenvalue weighted by molar-refractivity contribution is 5.32. The number of nitrogens with one attached hydrogen (secondary N) is 1. The van der Waals surface area contributed by atoms with Crippen LogP contribution in [-0.4, -0.2) is 45.3 Å². The second kappa shape index (κ2) is 8.39. The fourth-order valence-corrected chi connectivity index (χ4v) is 2.93. The van der Waals surface area contributed by atoms with Crippen molar-refractivity contribution in [2.75, 3.05) is 18.4 Å². The molecule has 3 rings (SSSR count). The lowest BCUT2D eigenvalue weighted by Gasteiger charge is -2.35. The van der Waals surface area contributed by atoms with Crippen LogP contribution in [-0.2, 0) is 18.4 Å². The molecule has 8 heteroatoms. The van der Waals surface area contributed by atoms with Crippen LogP contribution in [0, 0.1) is 5.82 Å². The van der Waals surface area contributed by atoms with Crippen LogP contribution in [0.25, 0.3) is 0 Å². The minimum Gasteiger partial charge on any atom is -0.373 e. The zero-order valence-corrected chi connectivity index (χ0v) is 14.6. The maximum Gasteiger partial charge on any atom is 0.266 e. The molecular formula is C18H23FN4O3. The molecule has 1 fully saturated rings. The number of likely N-dealkylation sites (tertiary alicyclic amines) is 1. The molecule has 1 saturated heterocycles. The highest BCUT2D eigenvalue weighted by Gasteiger charge is 2.24. The molecule has 1 aromatic heterocycles. The third-order valence-electron chi connectivity index (χ3n) is 4.43. The Balaban J connectivity index is 1.45. The summed E-state index contributed by atoms with van der Waals surface area (Å²) in [6, 6.07) is 9.34. The van der Waals surface area contributed by atoms with Crippen molar-refractivity contribution in [2.45, 2.75) is 31.9 Å². The Kier molecular flexibility index (Phi) is 5.97. The third-order valence-corrected chi connectivity index (χ3v) is 4.43. The molecule has 2 N–H and O–H groups in total. The second-order valence-corrected chi connectivity index (χ2v) is 6.37. The number of benzene rings is 1. The average Bonchev–Trinajstić information content (AvgIpc) is 2.63. The van der Waals surface area contributed by atoms with Crippen LogP contribution in [0.5, 0.6) is 0 Å². The van der Waals surface area contributed by atoms with Gasteiger partial charge in [0.2, 0.25) is 0 Å². The Morgan fingerprint density at radius 3 is 2.81 bits per heavy atom. The van der Waals surface area contributed by atoms with Crippen molar-refractivity contribution >= 4 is 5.82 Å². The van der Waals surface area contributed by atoms with Gasteiger partial charge >= 0.3 is 0 Å². The van der Waals surface area contributed by atoms with Gasteiger partial charge in [0.05, 0.1) is 12.7 Å². The van der Waals surface area contributed by atoms with Crippen LogP contribution in [0.4, 0.5) is 10.2 Å². The third kappa shape index (κ3) is 4.87. The van der Waals surface area contributed by atoms with Gasteiger partial charge in [-0.25, -0.2) is 9.07 Å². The Labute approximate surface area is 151 Å². The summed E-state index contributed by atoms with van der Waals surface area (Å²) in [5.74, 6) is 0.172. The zero-order valence-electron chi connectivity index (χ0n) is 14.6. The van der Waals surface area contributed by atoms with E-state index in [0.717, 1.165) is 18.4 Å². The van der Waals surface area contributed by atoms with Crippen LogP contribution in [0.15, 0.2) is 41.2 Å². The standard InChI is InChI=1S/C18H23FN4O3/c1-22-17(24)6-5-16(21-22)20-18(25)23-9-7-15(8-10-23)26-12-13-3-2-4-14(19)11-13/h2-6,11,15,18,25H,7-10,12H2,1H3,(H,20,21). The summed E-state index contributed by atoms with van der Waals surface area (Å²) in [7, 11) is 1.56. The highest BCUT2D eigenvalue weighted by Crippen LogP contribution is 2.18. The van der Waals surface area contributed by atoms with Gasteiger partial charge in [0.1, 0.15) is 11.6 Å². The summed E-state index contributed by atoms with van der Waals surface area (Å²) in [6.07, 6.45) is 0.741. The number of aliphatic hydroxyl groups is 1. The van der Waals surface area contributed by atoms with E-state index >= 15 is 0 Å². The minimum atomic E-state index is -0.885. The van der Waals surface area contributed by atoms with Crippen molar-refractivity contribution in [1.82, 2.24) is 14.7 Å². The van der Waals surface area contributed by atoms with Crippen LogP contribution in [0.2, 0.25) is 0 Å². The monoisotopic (exact) mass is 362 g/mol. The number of rotatable bonds is 6. The smallest absolute Gasteiger partial charge is 0.266 e. The van der Waals surface area contributed by atoms with Gasteiger partial charge in [0.15, 0.2) is 6.35 Å². The van der Waals surface area contributed by atoms with Gasteiger partial charge in [-0.15, -0.1) is 0 Å². The van der Waals surface area contributed by atoms with Gasteiger partial charge in [-0.05, 0) is 36.6 Å². The summed E-state index contributed by atoms with van der Waals surface area (Å²) < 4.78 is 20.2. The number of halogens is 1. The number of nitrogens with zero attached hydrogens (tertiary/aromatic N) is 3. The summed E-state index contributed by atoms with van der Waals surface area (Å²) in [6.45, 7) is 1.70.